The summed E-state index contributed by atoms with van der Waals surface area (Å²) in [6.07, 6.45) is 1.41. The van der Waals surface area contributed by atoms with Crippen LogP contribution in [0.1, 0.15) is 10.4 Å². The highest BCUT2D eigenvalue weighted by molar-refractivity contribution is 9.10. The molecule has 0 aliphatic heterocycles. The molecule has 0 aliphatic carbocycles. The van der Waals surface area contributed by atoms with Gasteiger partial charge in [0.1, 0.15) is 0 Å². The van der Waals surface area contributed by atoms with Crippen LogP contribution in [0.3, 0.4) is 0 Å². The molecular formula is C11H6BrCl2NO2. The van der Waals surface area contributed by atoms with E-state index in [1.54, 1.807) is 24.3 Å². The van der Waals surface area contributed by atoms with E-state index in [1.807, 2.05) is 0 Å². The van der Waals surface area contributed by atoms with E-state index in [-0.39, 0.29) is 5.91 Å². The fourth-order valence-corrected chi connectivity index (χ4v) is 2.17. The first-order valence-electron chi connectivity index (χ1n) is 4.58. The van der Waals surface area contributed by atoms with Gasteiger partial charge in [-0.25, -0.2) is 0 Å². The smallest absolute Gasteiger partial charge is 0.260 e. The van der Waals surface area contributed by atoms with Crippen molar-refractivity contribution in [3.8, 4) is 0 Å². The molecule has 0 spiro atoms. The maximum absolute atomic E-state index is 11.9. The zero-order valence-electron chi connectivity index (χ0n) is 8.34. The van der Waals surface area contributed by atoms with Crippen LogP contribution in [-0.4, -0.2) is 5.91 Å². The lowest BCUT2D eigenvalue weighted by Crippen LogP contribution is -2.12. The fourth-order valence-electron chi connectivity index (χ4n) is 1.25. The quantitative estimate of drug-likeness (QED) is 0.872. The molecule has 0 bridgehead atoms. The minimum absolute atomic E-state index is 0.347. The van der Waals surface area contributed by atoms with Crippen LogP contribution in [0.4, 0.5) is 5.69 Å². The topological polar surface area (TPSA) is 42.2 Å². The van der Waals surface area contributed by atoms with E-state index in [0.717, 1.165) is 0 Å². The molecule has 17 heavy (non-hydrogen) atoms. The molecule has 1 heterocycles. The monoisotopic (exact) mass is 333 g/mol. The number of benzene rings is 1. The summed E-state index contributed by atoms with van der Waals surface area (Å²) in [5, 5.41) is 3.39. The van der Waals surface area contributed by atoms with Crippen molar-refractivity contribution < 1.29 is 9.21 Å². The van der Waals surface area contributed by atoms with Gasteiger partial charge < -0.3 is 9.73 Å². The average molecular weight is 335 g/mol. The number of furan rings is 1. The maximum Gasteiger partial charge on any atom is 0.260 e. The number of hydrogen-bond donors (Lipinski definition) is 1. The Labute approximate surface area is 116 Å². The Bertz CT molecular complexity index is 548. The summed E-state index contributed by atoms with van der Waals surface area (Å²) in [4.78, 5) is 11.9. The van der Waals surface area contributed by atoms with Gasteiger partial charge in [0.05, 0.1) is 27.6 Å². The molecule has 3 nitrogen and oxygen atoms in total. The van der Waals surface area contributed by atoms with Crippen molar-refractivity contribution in [2.75, 3.05) is 5.32 Å². The van der Waals surface area contributed by atoms with Crippen molar-refractivity contribution in [1.29, 1.82) is 0 Å². The highest BCUT2D eigenvalue weighted by atomic mass is 79.9. The number of carbonyl (C=O) groups is 1. The maximum atomic E-state index is 11.9. The van der Waals surface area contributed by atoms with E-state index in [4.69, 9.17) is 27.6 Å². The van der Waals surface area contributed by atoms with Crippen molar-refractivity contribution in [3.05, 3.63) is 50.8 Å². The van der Waals surface area contributed by atoms with E-state index in [1.165, 1.54) is 6.26 Å². The van der Waals surface area contributed by atoms with Crippen molar-refractivity contribution in [1.82, 2.24) is 0 Å². The van der Waals surface area contributed by atoms with Gasteiger partial charge in [0.25, 0.3) is 5.91 Å². The fraction of sp³-hybridized carbons (Fsp3) is 0. The Balaban J connectivity index is 2.28. The van der Waals surface area contributed by atoms with Gasteiger partial charge in [-0.15, -0.1) is 0 Å². The number of anilines is 1. The molecule has 2 rings (SSSR count). The Hall–Kier alpha value is -0.970. The highest BCUT2D eigenvalue weighted by Crippen LogP contribution is 2.30. The number of para-hydroxylation sites is 1. The lowest BCUT2D eigenvalue weighted by molar-refractivity contribution is 0.102. The van der Waals surface area contributed by atoms with Gasteiger partial charge in [0, 0.05) is 0 Å². The van der Waals surface area contributed by atoms with E-state index in [2.05, 4.69) is 21.2 Å². The number of amides is 1. The van der Waals surface area contributed by atoms with Crippen LogP contribution in [0.15, 0.2) is 39.6 Å². The Morgan fingerprint density at radius 2 is 1.88 bits per heavy atom. The van der Waals surface area contributed by atoms with Crippen LogP contribution in [0.25, 0.3) is 0 Å². The standard InChI is InChI=1S/C11H6BrCl2NO2/c12-10-6(4-5-17-10)11(16)15-9-7(13)2-1-3-8(9)14/h1-5H,(H,15,16). The minimum atomic E-state index is -0.347. The van der Waals surface area contributed by atoms with Gasteiger partial charge in [-0.1, -0.05) is 29.3 Å². The predicted molar refractivity (Wildman–Crippen MR) is 70.8 cm³/mol. The molecule has 0 saturated heterocycles. The number of hydrogen-bond acceptors (Lipinski definition) is 2. The molecule has 1 aromatic carbocycles. The first-order chi connectivity index (χ1) is 8.09. The third-order valence-corrected chi connectivity index (χ3v) is 3.31. The van der Waals surface area contributed by atoms with E-state index in [9.17, 15) is 4.79 Å². The molecular weight excluding hydrogens is 329 g/mol. The summed E-state index contributed by atoms with van der Waals surface area (Å²) >= 11 is 15.0. The second kappa shape index (κ2) is 5.12. The van der Waals surface area contributed by atoms with Crippen LogP contribution in [0, 0.1) is 0 Å². The van der Waals surface area contributed by atoms with Crippen molar-refractivity contribution in [3.63, 3.8) is 0 Å². The van der Waals surface area contributed by atoms with Gasteiger partial charge in [-0.2, -0.15) is 0 Å². The van der Waals surface area contributed by atoms with Gasteiger partial charge in [-0.05, 0) is 34.1 Å². The number of rotatable bonds is 2. The zero-order valence-corrected chi connectivity index (χ0v) is 11.4. The Kier molecular flexibility index (Phi) is 3.76. The average Bonchev–Trinajstić information content (AvgIpc) is 2.70. The Morgan fingerprint density at radius 3 is 2.41 bits per heavy atom. The Morgan fingerprint density at radius 1 is 1.24 bits per heavy atom. The number of nitrogens with one attached hydrogen (secondary N) is 1. The molecule has 1 N–H and O–H groups in total. The third-order valence-electron chi connectivity index (χ3n) is 2.06. The predicted octanol–water partition coefficient (Wildman–Crippen LogP) is 4.60. The SMILES string of the molecule is O=C(Nc1c(Cl)cccc1Cl)c1ccoc1Br. The van der Waals surface area contributed by atoms with Gasteiger partial charge >= 0.3 is 0 Å². The van der Waals surface area contributed by atoms with E-state index in [0.29, 0.717) is 26.0 Å². The summed E-state index contributed by atoms with van der Waals surface area (Å²) < 4.78 is 5.33. The lowest BCUT2D eigenvalue weighted by Gasteiger charge is -2.07. The van der Waals surface area contributed by atoms with E-state index >= 15 is 0 Å². The van der Waals surface area contributed by atoms with Gasteiger partial charge in [0.15, 0.2) is 4.67 Å². The van der Waals surface area contributed by atoms with Crippen molar-refractivity contribution >= 4 is 50.7 Å². The minimum Gasteiger partial charge on any atom is -0.457 e. The zero-order chi connectivity index (χ0) is 12.4. The summed E-state index contributed by atoms with van der Waals surface area (Å²) in [7, 11) is 0. The molecule has 0 radical (unpaired) electrons. The third kappa shape index (κ3) is 2.65. The lowest BCUT2D eigenvalue weighted by atomic mass is 10.2. The normalized spacial score (nSPS) is 10.3. The number of carbonyl (C=O) groups excluding carboxylic acids is 1. The molecule has 2 aromatic rings. The van der Waals surface area contributed by atoms with E-state index < -0.39 is 0 Å². The van der Waals surface area contributed by atoms with Crippen LogP contribution < -0.4 is 5.32 Å². The van der Waals surface area contributed by atoms with Crippen LogP contribution >= 0.6 is 39.1 Å². The summed E-state index contributed by atoms with van der Waals surface area (Å²) in [5.74, 6) is -0.347. The first-order valence-corrected chi connectivity index (χ1v) is 6.13. The van der Waals surface area contributed by atoms with Crippen LogP contribution in [0.2, 0.25) is 10.0 Å². The van der Waals surface area contributed by atoms with Crippen LogP contribution in [-0.2, 0) is 0 Å². The molecule has 0 saturated carbocycles. The van der Waals surface area contributed by atoms with Gasteiger partial charge in [0.2, 0.25) is 0 Å². The van der Waals surface area contributed by atoms with Gasteiger partial charge in [-0.3, -0.25) is 4.79 Å². The van der Waals surface area contributed by atoms with Crippen molar-refractivity contribution in [2.45, 2.75) is 0 Å². The molecule has 1 aromatic heterocycles. The summed E-state index contributed by atoms with van der Waals surface area (Å²) in [6, 6.07) is 6.54. The molecule has 0 aliphatic rings. The van der Waals surface area contributed by atoms with Crippen LogP contribution in [0.5, 0.6) is 0 Å². The largest absolute Gasteiger partial charge is 0.457 e. The molecule has 0 fully saturated rings. The second-order valence-corrected chi connectivity index (χ2v) is 4.69. The molecule has 0 unspecified atom stereocenters. The van der Waals surface area contributed by atoms with Crippen molar-refractivity contribution in [2.24, 2.45) is 0 Å². The first kappa shape index (κ1) is 12.5. The molecule has 0 atom stereocenters. The number of halogens is 3. The summed E-state index contributed by atoms with van der Waals surface area (Å²) in [5.41, 5.74) is 0.759. The molecule has 88 valence electrons. The molecule has 6 heteroatoms. The second-order valence-electron chi connectivity index (χ2n) is 3.16. The highest BCUT2D eigenvalue weighted by Gasteiger charge is 2.15. The molecule has 1 amide bonds. The summed E-state index contributed by atoms with van der Waals surface area (Å²) in [6.45, 7) is 0.